The lowest BCUT2D eigenvalue weighted by Gasteiger charge is -2.12. The van der Waals surface area contributed by atoms with Gasteiger partial charge in [0, 0.05) is 11.6 Å². The molecule has 1 aliphatic rings. The van der Waals surface area contributed by atoms with Crippen LogP contribution < -0.4 is 10.5 Å². The van der Waals surface area contributed by atoms with Gasteiger partial charge in [0.05, 0.1) is 5.69 Å². The van der Waals surface area contributed by atoms with E-state index in [1.807, 2.05) is 0 Å². The summed E-state index contributed by atoms with van der Waals surface area (Å²) in [5.41, 5.74) is 5.87. The van der Waals surface area contributed by atoms with Crippen molar-refractivity contribution < 1.29 is 8.42 Å². The fraction of sp³-hybridized carbons (Fsp3) is 0.500. The molecule has 0 bridgehead atoms. The summed E-state index contributed by atoms with van der Waals surface area (Å²) in [6.45, 7) is 0.490. The Hall–Kier alpha value is -0.780. The van der Waals surface area contributed by atoms with Crippen LogP contribution in [0.5, 0.6) is 0 Å². The summed E-state index contributed by atoms with van der Waals surface area (Å²) < 4.78 is 26.8. The van der Waals surface area contributed by atoms with Crippen LogP contribution in [0.15, 0.2) is 23.1 Å². The van der Waals surface area contributed by atoms with Crippen molar-refractivity contribution in [2.75, 3.05) is 12.3 Å². The Morgan fingerprint density at radius 3 is 2.61 bits per heavy atom. The highest BCUT2D eigenvalue weighted by molar-refractivity contribution is 7.89. The van der Waals surface area contributed by atoms with Crippen LogP contribution >= 0.6 is 11.6 Å². The van der Waals surface area contributed by atoms with Gasteiger partial charge in [0.15, 0.2) is 0 Å². The van der Waals surface area contributed by atoms with Crippen molar-refractivity contribution >= 4 is 27.3 Å². The van der Waals surface area contributed by atoms with Gasteiger partial charge in [0.2, 0.25) is 10.0 Å². The Kier molecular flexibility index (Phi) is 4.14. The van der Waals surface area contributed by atoms with Gasteiger partial charge in [-0.05, 0) is 37.0 Å². The van der Waals surface area contributed by atoms with Gasteiger partial charge in [-0.15, -0.1) is 0 Å². The van der Waals surface area contributed by atoms with E-state index in [1.165, 1.54) is 31.0 Å². The molecule has 2 rings (SSSR count). The van der Waals surface area contributed by atoms with Gasteiger partial charge in [-0.25, -0.2) is 13.1 Å². The topological polar surface area (TPSA) is 72.2 Å². The second-order valence-electron chi connectivity index (χ2n) is 4.68. The minimum Gasteiger partial charge on any atom is -0.398 e. The van der Waals surface area contributed by atoms with E-state index in [2.05, 4.69) is 4.72 Å². The Balaban J connectivity index is 2.09. The van der Waals surface area contributed by atoms with Gasteiger partial charge < -0.3 is 5.73 Å². The quantitative estimate of drug-likeness (QED) is 0.836. The Labute approximate surface area is 113 Å². The molecule has 0 saturated heterocycles. The van der Waals surface area contributed by atoms with Gasteiger partial charge >= 0.3 is 0 Å². The first kappa shape index (κ1) is 13.6. The van der Waals surface area contributed by atoms with E-state index in [9.17, 15) is 8.42 Å². The predicted molar refractivity (Wildman–Crippen MR) is 73.0 cm³/mol. The van der Waals surface area contributed by atoms with Gasteiger partial charge in [-0.2, -0.15) is 0 Å². The number of halogens is 1. The molecule has 100 valence electrons. The maximum atomic E-state index is 12.1. The zero-order valence-corrected chi connectivity index (χ0v) is 11.6. The van der Waals surface area contributed by atoms with Crippen molar-refractivity contribution in [3.63, 3.8) is 0 Å². The molecule has 1 aliphatic carbocycles. The largest absolute Gasteiger partial charge is 0.398 e. The van der Waals surface area contributed by atoms with E-state index < -0.39 is 10.0 Å². The predicted octanol–water partition coefficient (Wildman–Crippen LogP) is 2.39. The summed E-state index contributed by atoms with van der Waals surface area (Å²) >= 11 is 5.75. The summed E-state index contributed by atoms with van der Waals surface area (Å²) in [7, 11) is -3.53. The third-order valence-electron chi connectivity index (χ3n) is 3.30. The molecule has 3 N–H and O–H groups in total. The molecular weight excluding hydrogens is 272 g/mol. The molecule has 0 aliphatic heterocycles. The van der Waals surface area contributed by atoms with E-state index in [-0.39, 0.29) is 10.6 Å². The molecule has 0 unspecified atom stereocenters. The van der Waals surface area contributed by atoms with Crippen molar-refractivity contribution in [2.45, 2.75) is 30.6 Å². The molecule has 0 atom stereocenters. The third-order valence-corrected chi connectivity index (χ3v) is 5.03. The van der Waals surface area contributed by atoms with Crippen LogP contribution in [0, 0.1) is 5.92 Å². The van der Waals surface area contributed by atoms with Crippen LogP contribution in [0.1, 0.15) is 25.7 Å². The lowest BCUT2D eigenvalue weighted by atomic mass is 10.1. The number of nitrogen functional groups attached to an aromatic ring is 1. The molecular formula is C12H17ClN2O2S. The summed E-state index contributed by atoms with van der Waals surface area (Å²) in [6, 6.07) is 4.42. The molecule has 1 saturated carbocycles. The Bertz CT molecular complexity index is 525. The van der Waals surface area contributed by atoms with Gasteiger partial charge in [-0.3, -0.25) is 0 Å². The SMILES string of the molecule is Nc1cc(Cl)ccc1S(=O)(=O)NCC1CCCC1. The average Bonchev–Trinajstić information content (AvgIpc) is 2.78. The van der Waals surface area contributed by atoms with Crippen LogP contribution in [-0.2, 0) is 10.0 Å². The molecule has 1 aromatic carbocycles. The minimum atomic E-state index is -3.53. The third kappa shape index (κ3) is 3.16. The summed E-state index contributed by atoms with van der Waals surface area (Å²) in [4.78, 5) is 0.102. The van der Waals surface area contributed by atoms with Crippen LogP contribution in [0.2, 0.25) is 5.02 Å². The summed E-state index contributed by atoms with van der Waals surface area (Å²) in [5, 5.41) is 0.433. The molecule has 0 aromatic heterocycles. The van der Waals surface area contributed by atoms with Crippen molar-refractivity contribution in [3.05, 3.63) is 23.2 Å². The second-order valence-corrected chi connectivity index (χ2v) is 6.86. The summed E-state index contributed by atoms with van der Waals surface area (Å²) in [6.07, 6.45) is 4.57. The van der Waals surface area contributed by atoms with E-state index in [1.54, 1.807) is 0 Å². The lowest BCUT2D eigenvalue weighted by Crippen LogP contribution is -2.29. The first-order valence-corrected chi connectivity index (χ1v) is 7.90. The number of benzene rings is 1. The Morgan fingerprint density at radius 2 is 2.00 bits per heavy atom. The molecule has 6 heteroatoms. The first-order valence-electron chi connectivity index (χ1n) is 6.04. The van der Waals surface area contributed by atoms with Crippen molar-refractivity contribution in [1.82, 2.24) is 4.72 Å². The Morgan fingerprint density at radius 1 is 1.33 bits per heavy atom. The van der Waals surface area contributed by atoms with Gasteiger partial charge in [0.25, 0.3) is 0 Å². The van der Waals surface area contributed by atoms with Gasteiger partial charge in [0.1, 0.15) is 4.90 Å². The van der Waals surface area contributed by atoms with Crippen LogP contribution in [0.4, 0.5) is 5.69 Å². The average molecular weight is 289 g/mol. The maximum absolute atomic E-state index is 12.1. The number of sulfonamides is 1. The highest BCUT2D eigenvalue weighted by Crippen LogP contribution is 2.25. The van der Waals surface area contributed by atoms with Gasteiger partial charge in [-0.1, -0.05) is 24.4 Å². The number of nitrogens with two attached hydrogens (primary N) is 1. The molecule has 0 radical (unpaired) electrons. The van der Waals surface area contributed by atoms with Crippen molar-refractivity contribution in [3.8, 4) is 0 Å². The summed E-state index contributed by atoms with van der Waals surface area (Å²) in [5.74, 6) is 0.452. The van der Waals surface area contributed by atoms with Crippen LogP contribution in [0.3, 0.4) is 0 Å². The molecule has 1 fully saturated rings. The van der Waals surface area contributed by atoms with E-state index >= 15 is 0 Å². The fourth-order valence-corrected chi connectivity index (χ4v) is 3.69. The van der Waals surface area contributed by atoms with Crippen LogP contribution in [0.25, 0.3) is 0 Å². The minimum absolute atomic E-state index is 0.102. The standard InChI is InChI=1S/C12H17ClN2O2S/c13-10-5-6-12(11(14)7-10)18(16,17)15-8-9-3-1-2-4-9/h5-7,9,15H,1-4,8,14H2. The molecule has 0 spiro atoms. The zero-order valence-electron chi connectivity index (χ0n) is 10.0. The normalized spacial score (nSPS) is 17.2. The van der Waals surface area contributed by atoms with Crippen molar-refractivity contribution in [2.24, 2.45) is 5.92 Å². The molecule has 0 heterocycles. The first-order chi connectivity index (χ1) is 8.49. The monoisotopic (exact) mass is 288 g/mol. The lowest BCUT2D eigenvalue weighted by molar-refractivity contribution is 0.520. The van der Waals surface area contributed by atoms with Crippen LogP contribution in [-0.4, -0.2) is 15.0 Å². The van der Waals surface area contributed by atoms with Crippen molar-refractivity contribution in [1.29, 1.82) is 0 Å². The number of hydrogen-bond acceptors (Lipinski definition) is 3. The van der Waals surface area contributed by atoms with E-state index in [0.29, 0.717) is 17.5 Å². The molecule has 18 heavy (non-hydrogen) atoms. The molecule has 1 aromatic rings. The smallest absolute Gasteiger partial charge is 0.242 e. The fourth-order valence-electron chi connectivity index (χ4n) is 2.28. The molecule has 0 amide bonds. The highest BCUT2D eigenvalue weighted by atomic mass is 35.5. The number of hydrogen-bond donors (Lipinski definition) is 2. The molecule has 4 nitrogen and oxygen atoms in total. The number of nitrogens with one attached hydrogen (secondary N) is 1. The van der Waals surface area contributed by atoms with E-state index in [4.69, 9.17) is 17.3 Å². The second kappa shape index (κ2) is 5.47. The number of anilines is 1. The highest BCUT2D eigenvalue weighted by Gasteiger charge is 2.21. The number of rotatable bonds is 4. The zero-order chi connectivity index (χ0) is 13.2. The maximum Gasteiger partial charge on any atom is 0.242 e. The van der Waals surface area contributed by atoms with E-state index in [0.717, 1.165) is 12.8 Å².